The van der Waals surface area contributed by atoms with Crippen LogP contribution in [0.4, 0.5) is 9.52 Å². The molecule has 1 aliphatic carbocycles. The van der Waals surface area contributed by atoms with Gasteiger partial charge >= 0.3 is 0 Å². The van der Waals surface area contributed by atoms with Crippen LogP contribution in [0.15, 0.2) is 24.3 Å². The van der Waals surface area contributed by atoms with Gasteiger partial charge in [-0.15, -0.1) is 10.2 Å². The molecule has 5 nitrogen and oxygen atoms in total. The largest absolute Gasteiger partial charge is 0.374 e. The Labute approximate surface area is 144 Å². The highest BCUT2D eigenvalue weighted by Crippen LogP contribution is 2.28. The van der Waals surface area contributed by atoms with E-state index in [4.69, 9.17) is 4.74 Å². The SMILES string of the molecule is Fc1ccc(Cc2nnc(NCC3CN(C4CC4)CCO3)s2)cc1. The Bertz CT molecular complexity index is 673. The van der Waals surface area contributed by atoms with Gasteiger partial charge in [-0.25, -0.2) is 4.39 Å². The highest BCUT2D eigenvalue weighted by molar-refractivity contribution is 7.15. The summed E-state index contributed by atoms with van der Waals surface area (Å²) in [7, 11) is 0. The zero-order valence-corrected chi connectivity index (χ0v) is 14.3. The third-order valence-corrected chi connectivity index (χ3v) is 5.33. The minimum absolute atomic E-state index is 0.212. The number of hydrogen-bond acceptors (Lipinski definition) is 6. The van der Waals surface area contributed by atoms with Crippen molar-refractivity contribution in [3.05, 3.63) is 40.7 Å². The molecular weight excluding hydrogens is 327 g/mol. The molecule has 2 fully saturated rings. The maximum Gasteiger partial charge on any atom is 0.205 e. The molecule has 1 unspecified atom stereocenters. The summed E-state index contributed by atoms with van der Waals surface area (Å²) in [6, 6.07) is 7.31. The summed E-state index contributed by atoms with van der Waals surface area (Å²) in [5.74, 6) is -0.217. The average Bonchev–Trinajstić information content (AvgIpc) is 3.36. The average molecular weight is 348 g/mol. The number of nitrogens with one attached hydrogen (secondary N) is 1. The maximum atomic E-state index is 12.9. The van der Waals surface area contributed by atoms with Crippen LogP contribution in [0.5, 0.6) is 0 Å². The Morgan fingerprint density at radius 2 is 2.08 bits per heavy atom. The molecular formula is C17H21FN4OS. The minimum Gasteiger partial charge on any atom is -0.374 e. The van der Waals surface area contributed by atoms with Gasteiger partial charge in [0.1, 0.15) is 10.8 Å². The van der Waals surface area contributed by atoms with Crippen LogP contribution in [0.2, 0.25) is 0 Å². The molecule has 1 saturated carbocycles. The van der Waals surface area contributed by atoms with Crippen molar-refractivity contribution in [3.63, 3.8) is 0 Å². The van der Waals surface area contributed by atoms with Crippen LogP contribution in [-0.2, 0) is 11.2 Å². The van der Waals surface area contributed by atoms with Gasteiger partial charge in [0.25, 0.3) is 0 Å². The van der Waals surface area contributed by atoms with Crippen LogP contribution >= 0.6 is 11.3 Å². The second kappa shape index (κ2) is 7.13. The summed E-state index contributed by atoms with van der Waals surface area (Å²) >= 11 is 1.54. The normalized spacial score (nSPS) is 21.8. The number of rotatable bonds is 6. The van der Waals surface area contributed by atoms with Crippen LogP contribution in [0.25, 0.3) is 0 Å². The lowest BCUT2D eigenvalue weighted by Gasteiger charge is -2.32. The van der Waals surface area contributed by atoms with E-state index < -0.39 is 0 Å². The van der Waals surface area contributed by atoms with Gasteiger partial charge < -0.3 is 10.1 Å². The molecule has 0 bridgehead atoms. The van der Waals surface area contributed by atoms with Crippen molar-refractivity contribution in [1.82, 2.24) is 15.1 Å². The van der Waals surface area contributed by atoms with Crippen molar-refractivity contribution in [1.29, 1.82) is 0 Å². The Hall–Kier alpha value is -1.57. The third kappa shape index (κ3) is 4.09. The molecule has 2 aliphatic rings. The van der Waals surface area contributed by atoms with Gasteiger partial charge in [-0.05, 0) is 30.5 Å². The molecule has 0 radical (unpaired) electrons. The number of morpholine rings is 1. The van der Waals surface area contributed by atoms with E-state index in [1.165, 1.54) is 25.0 Å². The van der Waals surface area contributed by atoms with Crippen molar-refractivity contribution in [2.75, 3.05) is 31.6 Å². The Morgan fingerprint density at radius 1 is 1.25 bits per heavy atom. The quantitative estimate of drug-likeness (QED) is 0.869. The Balaban J connectivity index is 1.28. The molecule has 1 saturated heterocycles. The van der Waals surface area contributed by atoms with Gasteiger partial charge in [-0.1, -0.05) is 23.5 Å². The van der Waals surface area contributed by atoms with E-state index in [1.807, 2.05) is 0 Å². The molecule has 1 aromatic heterocycles. The fourth-order valence-corrected chi connectivity index (χ4v) is 3.79. The third-order valence-electron chi connectivity index (χ3n) is 4.45. The lowest BCUT2D eigenvalue weighted by Crippen LogP contribution is -2.46. The van der Waals surface area contributed by atoms with Crippen LogP contribution < -0.4 is 5.32 Å². The first kappa shape index (κ1) is 15.9. The predicted octanol–water partition coefficient (Wildman–Crippen LogP) is 2.54. The number of halogens is 1. The summed E-state index contributed by atoms with van der Waals surface area (Å²) in [5.41, 5.74) is 1.04. The first-order valence-corrected chi connectivity index (χ1v) is 9.24. The van der Waals surface area contributed by atoms with Gasteiger partial charge in [0, 0.05) is 32.1 Å². The topological polar surface area (TPSA) is 50.3 Å². The van der Waals surface area contributed by atoms with Crippen LogP contribution in [-0.4, -0.2) is 53.5 Å². The molecule has 7 heteroatoms. The molecule has 0 amide bonds. The van der Waals surface area contributed by atoms with Gasteiger partial charge in [-0.2, -0.15) is 0 Å². The summed E-state index contributed by atoms with van der Waals surface area (Å²) in [4.78, 5) is 2.54. The fourth-order valence-electron chi connectivity index (χ4n) is 3.01. The van der Waals surface area contributed by atoms with Crippen LogP contribution in [0.1, 0.15) is 23.4 Å². The number of benzene rings is 1. The Kier molecular flexibility index (Phi) is 4.73. The fraction of sp³-hybridized carbons (Fsp3) is 0.529. The van der Waals surface area contributed by atoms with Crippen LogP contribution in [0.3, 0.4) is 0 Å². The molecule has 1 aromatic carbocycles. The highest BCUT2D eigenvalue weighted by Gasteiger charge is 2.32. The number of anilines is 1. The number of nitrogens with zero attached hydrogens (tertiary/aromatic N) is 3. The second-order valence-electron chi connectivity index (χ2n) is 6.40. The van der Waals surface area contributed by atoms with Gasteiger partial charge in [-0.3, -0.25) is 4.90 Å². The molecule has 1 atom stereocenters. The maximum absolute atomic E-state index is 12.9. The van der Waals surface area contributed by atoms with E-state index in [-0.39, 0.29) is 11.9 Å². The summed E-state index contributed by atoms with van der Waals surface area (Å²) in [5, 5.41) is 13.5. The summed E-state index contributed by atoms with van der Waals surface area (Å²) in [6.45, 7) is 3.63. The zero-order valence-electron chi connectivity index (χ0n) is 13.4. The second-order valence-corrected chi connectivity index (χ2v) is 7.47. The van der Waals surface area contributed by atoms with Gasteiger partial charge in [0.2, 0.25) is 5.13 Å². The highest BCUT2D eigenvalue weighted by atomic mass is 32.1. The monoisotopic (exact) mass is 348 g/mol. The minimum atomic E-state index is -0.217. The van der Waals surface area contributed by atoms with Crippen molar-refractivity contribution in [2.45, 2.75) is 31.4 Å². The standard InChI is InChI=1S/C17H21FN4OS/c18-13-3-1-12(2-4-13)9-16-20-21-17(24-16)19-10-15-11-22(7-8-23-15)14-5-6-14/h1-4,14-15H,5-11H2,(H,19,21). The van der Waals surface area contributed by atoms with E-state index >= 15 is 0 Å². The summed E-state index contributed by atoms with van der Waals surface area (Å²) < 4.78 is 18.8. The number of aromatic nitrogens is 2. The van der Waals surface area contributed by atoms with E-state index in [0.29, 0.717) is 6.42 Å². The first-order chi connectivity index (χ1) is 11.8. The van der Waals surface area contributed by atoms with Crippen molar-refractivity contribution in [2.24, 2.45) is 0 Å². The summed E-state index contributed by atoms with van der Waals surface area (Å²) in [6.07, 6.45) is 3.56. The molecule has 1 aliphatic heterocycles. The smallest absolute Gasteiger partial charge is 0.205 e. The molecule has 2 aromatic rings. The van der Waals surface area contributed by atoms with Gasteiger partial charge in [0.05, 0.1) is 12.7 Å². The molecule has 2 heterocycles. The number of ether oxygens (including phenoxy) is 1. The van der Waals surface area contributed by atoms with E-state index in [9.17, 15) is 4.39 Å². The predicted molar refractivity (Wildman–Crippen MR) is 91.9 cm³/mol. The number of hydrogen-bond donors (Lipinski definition) is 1. The lowest BCUT2D eigenvalue weighted by molar-refractivity contribution is -0.0241. The zero-order chi connectivity index (χ0) is 16.4. The molecule has 128 valence electrons. The van der Waals surface area contributed by atoms with E-state index in [1.54, 1.807) is 23.5 Å². The van der Waals surface area contributed by atoms with Gasteiger partial charge in [0.15, 0.2) is 0 Å². The first-order valence-electron chi connectivity index (χ1n) is 8.42. The van der Waals surface area contributed by atoms with Crippen LogP contribution in [0, 0.1) is 5.82 Å². The lowest BCUT2D eigenvalue weighted by atomic mass is 10.2. The van der Waals surface area contributed by atoms with Crippen molar-refractivity contribution >= 4 is 16.5 Å². The molecule has 1 N–H and O–H groups in total. The van der Waals surface area contributed by atoms with Crippen molar-refractivity contribution < 1.29 is 9.13 Å². The van der Waals surface area contributed by atoms with E-state index in [0.717, 1.165) is 48.0 Å². The van der Waals surface area contributed by atoms with Crippen molar-refractivity contribution in [3.8, 4) is 0 Å². The van der Waals surface area contributed by atoms with E-state index in [2.05, 4.69) is 20.4 Å². The molecule has 24 heavy (non-hydrogen) atoms. The molecule has 0 spiro atoms. The Morgan fingerprint density at radius 3 is 2.88 bits per heavy atom. The molecule has 4 rings (SSSR count).